The number of hydrogen-bond donors (Lipinski definition) is 3. The second kappa shape index (κ2) is 7.31. The minimum Gasteiger partial charge on any atom is -0.324 e. The number of carbonyl (C=O) groups is 1. The molecule has 6 nitrogen and oxygen atoms in total. The van der Waals surface area contributed by atoms with Gasteiger partial charge in [0.1, 0.15) is 0 Å². The average molecular weight is 339 g/mol. The Morgan fingerprint density at radius 1 is 1.13 bits per heavy atom. The molecule has 0 bridgehead atoms. The van der Waals surface area contributed by atoms with E-state index in [2.05, 4.69) is 10.0 Å². The summed E-state index contributed by atoms with van der Waals surface area (Å²) in [6.45, 7) is 1.81. The lowest BCUT2D eigenvalue weighted by Crippen LogP contribution is -2.52. The van der Waals surface area contributed by atoms with E-state index >= 15 is 0 Å². The molecular formula is C16H25N3O3S. The van der Waals surface area contributed by atoms with E-state index in [-0.39, 0.29) is 11.7 Å². The second-order valence-electron chi connectivity index (χ2n) is 6.17. The molecule has 1 aliphatic carbocycles. The first-order valence-corrected chi connectivity index (χ1v) is 9.71. The number of hydrogen-bond acceptors (Lipinski definition) is 4. The van der Waals surface area contributed by atoms with Gasteiger partial charge in [-0.1, -0.05) is 26.2 Å². The predicted molar refractivity (Wildman–Crippen MR) is 92.8 cm³/mol. The van der Waals surface area contributed by atoms with Crippen molar-refractivity contribution >= 4 is 27.3 Å². The fourth-order valence-electron chi connectivity index (χ4n) is 2.79. The van der Waals surface area contributed by atoms with Gasteiger partial charge in [-0.15, -0.1) is 0 Å². The van der Waals surface area contributed by atoms with Crippen LogP contribution in [0.3, 0.4) is 0 Å². The lowest BCUT2D eigenvalue weighted by molar-refractivity contribution is -0.122. The van der Waals surface area contributed by atoms with Crippen LogP contribution in [0, 0.1) is 0 Å². The van der Waals surface area contributed by atoms with Crippen LogP contribution in [0.15, 0.2) is 24.3 Å². The van der Waals surface area contributed by atoms with Crippen LogP contribution in [0.25, 0.3) is 0 Å². The van der Waals surface area contributed by atoms with Gasteiger partial charge in [-0.05, 0) is 43.5 Å². The Morgan fingerprint density at radius 2 is 1.70 bits per heavy atom. The number of carbonyl (C=O) groups excluding carboxylic acids is 1. The van der Waals surface area contributed by atoms with Crippen molar-refractivity contribution in [3.8, 4) is 0 Å². The first-order valence-electron chi connectivity index (χ1n) is 8.05. The molecule has 1 saturated carbocycles. The Kier molecular flexibility index (Phi) is 5.64. The van der Waals surface area contributed by atoms with Gasteiger partial charge in [0.2, 0.25) is 15.9 Å². The third-order valence-electron chi connectivity index (χ3n) is 4.09. The molecule has 0 heterocycles. The van der Waals surface area contributed by atoms with Crippen LogP contribution >= 0.6 is 0 Å². The molecule has 2 rings (SSSR count). The van der Waals surface area contributed by atoms with Crippen LogP contribution in [-0.2, 0) is 14.8 Å². The van der Waals surface area contributed by atoms with Crippen molar-refractivity contribution in [3.05, 3.63) is 24.3 Å². The summed E-state index contributed by atoms with van der Waals surface area (Å²) in [5, 5.41) is 2.83. The van der Waals surface area contributed by atoms with E-state index in [9.17, 15) is 13.2 Å². The number of nitrogens with two attached hydrogens (primary N) is 1. The summed E-state index contributed by atoms with van der Waals surface area (Å²) in [4.78, 5) is 12.3. The van der Waals surface area contributed by atoms with E-state index in [4.69, 9.17) is 5.73 Å². The summed E-state index contributed by atoms with van der Waals surface area (Å²) in [6, 6.07) is 6.61. The van der Waals surface area contributed by atoms with Gasteiger partial charge in [0.25, 0.3) is 0 Å². The van der Waals surface area contributed by atoms with E-state index in [0.717, 1.165) is 19.3 Å². The maximum absolute atomic E-state index is 12.3. The highest BCUT2D eigenvalue weighted by Crippen LogP contribution is 2.27. The standard InChI is InChI=1S/C16H25N3O3S/c1-2-12-23(21,22)19-14-8-6-13(7-9-14)18-15(20)16(17)10-4-3-5-11-16/h6-9,19H,2-5,10-12,17H2,1H3,(H,18,20). The van der Waals surface area contributed by atoms with Gasteiger partial charge in [0, 0.05) is 11.4 Å². The smallest absolute Gasteiger partial charge is 0.244 e. The Hall–Kier alpha value is -1.60. The molecule has 4 N–H and O–H groups in total. The highest BCUT2D eigenvalue weighted by molar-refractivity contribution is 7.92. The molecular weight excluding hydrogens is 314 g/mol. The number of rotatable bonds is 6. The zero-order valence-corrected chi connectivity index (χ0v) is 14.3. The SMILES string of the molecule is CCCS(=O)(=O)Nc1ccc(NC(=O)C2(N)CCCCC2)cc1. The molecule has 0 saturated heterocycles. The molecule has 0 radical (unpaired) electrons. The van der Waals surface area contributed by atoms with Gasteiger partial charge in [-0.2, -0.15) is 0 Å². The van der Waals surface area contributed by atoms with Gasteiger partial charge in [0.15, 0.2) is 0 Å². The molecule has 1 amide bonds. The summed E-state index contributed by atoms with van der Waals surface area (Å²) in [5.41, 5.74) is 6.50. The quantitative estimate of drug-likeness (QED) is 0.741. The second-order valence-corrected chi connectivity index (χ2v) is 8.01. The molecule has 0 spiro atoms. The minimum atomic E-state index is -3.30. The zero-order valence-electron chi connectivity index (χ0n) is 13.5. The van der Waals surface area contributed by atoms with E-state index in [1.54, 1.807) is 24.3 Å². The molecule has 1 aromatic rings. The molecule has 0 aromatic heterocycles. The molecule has 0 aliphatic heterocycles. The number of sulfonamides is 1. The monoisotopic (exact) mass is 339 g/mol. The highest BCUT2D eigenvalue weighted by Gasteiger charge is 2.35. The number of anilines is 2. The minimum absolute atomic E-state index is 0.0845. The van der Waals surface area contributed by atoms with Crippen LogP contribution in [0.4, 0.5) is 11.4 Å². The van der Waals surface area contributed by atoms with E-state index in [0.29, 0.717) is 30.6 Å². The Morgan fingerprint density at radius 3 is 2.26 bits per heavy atom. The van der Waals surface area contributed by atoms with Crippen LogP contribution in [-0.4, -0.2) is 25.6 Å². The Bertz CT molecular complexity index is 635. The number of benzene rings is 1. The maximum Gasteiger partial charge on any atom is 0.244 e. The molecule has 7 heteroatoms. The fraction of sp³-hybridized carbons (Fsp3) is 0.562. The first kappa shape index (κ1) is 17.7. The van der Waals surface area contributed by atoms with E-state index in [1.807, 2.05) is 6.92 Å². The lowest BCUT2D eigenvalue weighted by Gasteiger charge is -2.31. The first-order chi connectivity index (χ1) is 10.8. The largest absolute Gasteiger partial charge is 0.324 e. The van der Waals surface area contributed by atoms with Crippen molar-refractivity contribution in [1.82, 2.24) is 0 Å². The van der Waals surface area contributed by atoms with Crippen molar-refractivity contribution < 1.29 is 13.2 Å². The predicted octanol–water partition coefficient (Wildman–Crippen LogP) is 2.44. The summed E-state index contributed by atoms with van der Waals surface area (Å²) in [5.74, 6) is -0.0854. The van der Waals surface area contributed by atoms with Gasteiger partial charge in [0.05, 0.1) is 11.3 Å². The third-order valence-corrected chi connectivity index (χ3v) is 5.58. The average Bonchev–Trinajstić information content (AvgIpc) is 2.49. The van der Waals surface area contributed by atoms with Crippen LogP contribution in [0.5, 0.6) is 0 Å². The summed E-state index contributed by atoms with van der Waals surface area (Å²) < 4.78 is 25.9. The molecule has 1 aromatic carbocycles. The lowest BCUT2D eigenvalue weighted by atomic mass is 9.82. The molecule has 1 fully saturated rings. The number of amides is 1. The van der Waals surface area contributed by atoms with Crippen LogP contribution in [0.1, 0.15) is 45.4 Å². The third kappa shape index (κ3) is 4.94. The van der Waals surface area contributed by atoms with Crippen LogP contribution < -0.4 is 15.8 Å². The van der Waals surface area contributed by atoms with E-state index in [1.165, 1.54) is 0 Å². The van der Waals surface area contributed by atoms with E-state index < -0.39 is 15.6 Å². The highest BCUT2D eigenvalue weighted by atomic mass is 32.2. The molecule has 0 unspecified atom stereocenters. The Balaban J connectivity index is 1.98. The maximum atomic E-state index is 12.3. The van der Waals surface area contributed by atoms with Crippen LogP contribution in [0.2, 0.25) is 0 Å². The van der Waals surface area contributed by atoms with Gasteiger partial charge < -0.3 is 11.1 Å². The van der Waals surface area contributed by atoms with Gasteiger partial charge in [-0.3, -0.25) is 9.52 Å². The van der Waals surface area contributed by atoms with Gasteiger partial charge in [-0.25, -0.2) is 8.42 Å². The molecule has 0 atom stereocenters. The summed E-state index contributed by atoms with van der Waals surface area (Å²) in [7, 11) is -3.30. The van der Waals surface area contributed by atoms with Gasteiger partial charge >= 0.3 is 0 Å². The molecule has 1 aliphatic rings. The normalized spacial score (nSPS) is 17.5. The Labute approximate surface area is 137 Å². The molecule has 23 heavy (non-hydrogen) atoms. The topological polar surface area (TPSA) is 101 Å². The zero-order chi connectivity index (χ0) is 16.9. The molecule has 128 valence electrons. The fourth-order valence-corrected chi connectivity index (χ4v) is 3.92. The summed E-state index contributed by atoms with van der Waals surface area (Å²) >= 11 is 0. The van der Waals surface area contributed by atoms with Crippen molar-refractivity contribution in [2.24, 2.45) is 5.73 Å². The van der Waals surface area contributed by atoms with Crippen molar-refractivity contribution in [2.45, 2.75) is 51.0 Å². The summed E-state index contributed by atoms with van der Waals surface area (Å²) in [6.07, 6.45) is 5.03. The van der Waals surface area contributed by atoms with Crippen molar-refractivity contribution in [3.63, 3.8) is 0 Å². The van der Waals surface area contributed by atoms with Crippen molar-refractivity contribution in [2.75, 3.05) is 15.8 Å². The number of nitrogens with one attached hydrogen (secondary N) is 2. The van der Waals surface area contributed by atoms with Crippen molar-refractivity contribution in [1.29, 1.82) is 0 Å².